The van der Waals surface area contributed by atoms with Crippen molar-refractivity contribution in [2.75, 3.05) is 18.5 Å². The van der Waals surface area contributed by atoms with E-state index < -0.39 is 0 Å². The number of aryl methyl sites for hydroxylation is 1. The van der Waals surface area contributed by atoms with Crippen molar-refractivity contribution < 1.29 is 0 Å². The summed E-state index contributed by atoms with van der Waals surface area (Å²) < 4.78 is 0. The average molecular weight is 219 g/mol. The van der Waals surface area contributed by atoms with Crippen LogP contribution in [0.3, 0.4) is 0 Å². The van der Waals surface area contributed by atoms with Crippen LogP contribution in [-0.2, 0) is 0 Å². The van der Waals surface area contributed by atoms with Gasteiger partial charge in [0.1, 0.15) is 5.82 Å². The fourth-order valence-corrected chi connectivity index (χ4v) is 1.67. The molecule has 1 rings (SSSR count). The lowest BCUT2D eigenvalue weighted by molar-refractivity contribution is 0.824. The zero-order valence-electron chi connectivity index (χ0n) is 10.9. The smallest absolute Gasteiger partial charge is 0.154 e. The molecule has 3 nitrogen and oxygen atoms in total. The maximum Gasteiger partial charge on any atom is 0.154 e. The van der Waals surface area contributed by atoms with E-state index in [1.54, 1.807) is 0 Å². The topological polar surface area (TPSA) is 29.0 Å². The molecule has 0 aromatic carbocycles. The van der Waals surface area contributed by atoms with E-state index in [0.29, 0.717) is 0 Å². The molecule has 0 saturated carbocycles. The summed E-state index contributed by atoms with van der Waals surface area (Å²) in [5.41, 5.74) is 2.23. The molecular weight excluding hydrogens is 198 g/mol. The highest BCUT2D eigenvalue weighted by Crippen LogP contribution is 2.19. The summed E-state index contributed by atoms with van der Waals surface area (Å²) in [5, 5.41) is 0. The number of hydrogen-bond acceptors (Lipinski definition) is 3. The molecule has 88 valence electrons. The first-order valence-electron chi connectivity index (χ1n) is 5.79. The van der Waals surface area contributed by atoms with Crippen molar-refractivity contribution in [3.63, 3.8) is 0 Å². The monoisotopic (exact) mass is 219 g/mol. The first-order chi connectivity index (χ1) is 7.60. The third kappa shape index (κ3) is 2.81. The summed E-state index contributed by atoms with van der Waals surface area (Å²) in [5.74, 6) is 1.84. The maximum absolute atomic E-state index is 4.57. The molecule has 0 amide bonds. The van der Waals surface area contributed by atoms with Crippen LogP contribution < -0.4 is 4.90 Å². The highest BCUT2D eigenvalue weighted by molar-refractivity contribution is 5.52. The number of hydrogen-bond donors (Lipinski definition) is 0. The van der Waals surface area contributed by atoms with Gasteiger partial charge in [0.05, 0.1) is 0 Å². The van der Waals surface area contributed by atoms with Gasteiger partial charge in [0, 0.05) is 24.8 Å². The van der Waals surface area contributed by atoms with Gasteiger partial charge in [0.2, 0.25) is 0 Å². The number of allylic oxidation sites excluding steroid dienone is 1. The van der Waals surface area contributed by atoms with Crippen molar-refractivity contribution >= 4 is 11.9 Å². The Morgan fingerprint density at radius 1 is 1.25 bits per heavy atom. The van der Waals surface area contributed by atoms with Gasteiger partial charge < -0.3 is 4.90 Å². The third-order valence-corrected chi connectivity index (χ3v) is 2.62. The van der Waals surface area contributed by atoms with Crippen LogP contribution >= 0.6 is 0 Å². The van der Waals surface area contributed by atoms with Gasteiger partial charge in [-0.05, 0) is 33.3 Å². The Morgan fingerprint density at radius 2 is 1.94 bits per heavy atom. The largest absolute Gasteiger partial charge is 0.359 e. The lowest BCUT2D eigenvalue weighted by Gasteiger charge is -2.20. The molecule has 1 aromatic heterocycles. The van der Waals surface area contributed by atoms with Crippen molar-refractivity contribution in [2.24, 2.45) is 0 Å². The van der Waals surface area contributed by atoms with Gasteiger partial charge in [0.25, 0.3) is 0 Å². The molecule has 0 saturated heterocycles. The van der Waals surface area contributed by atoms with Crippen molar-refractivity contribution in [3.8, 4) is 0 Å². The lowest BCUT2D eigenvalue weighted by atomic mass is 10.2. The summed E-state index contributed by atoms with van der Waals surface area (Å²) in [6.45, 7) is 9.29. The first-order valence-corrected chi connectivity index (χ1v) is 5.79. The SMILES string of the molecule is C/C=C/c1nc(C)c(C)c(N(C)CCC)n1. The fraction of sp³-hybridized carbons (Fsp3) is 0.538. The van der Waals surface area contributed by atoms with E-state index in [-0.39, 0.29) is 0 Å². The van der Waals surface area contributed by atoms with E-state index in [4.69, 9.17) is 0 Å². The molecule has 0 radical (unpaired) electrons. The van der Waals surface area contributed by atoms with Crippen molar-refractivity contribution in [3.05, 3.63) is 23.2 Å². The van der Waals surface area contributed by atoms with Gasteiger partial charge in [0.15, 0.2) is 5.82 Å². The van der Waals surface area contributed by atoms with Crippen LogP contribution in [0.25, 0.3) is 6.08 Å². The van der Waals surface area contributed by atoms with E-state index in [1.807, 2.05) is 26.0 Å². The van der Waals surface area contributed by atoms with Crippen LogP contribution in [-0.4, -0.2) is 23.6 Å². The number of nitrogens with zero attached hydrogens (tertiary/aromatic N) is 3. The molecule has 0 N–H and O–H groups in total. The molecule has 0 unspecified atom stereocenters. The van der Waals surface area contributed by atoms with E-state index in [2.05, 4.69) is 35.8 Å². The second-order valence-corrected chi connectivity index (χ2v) is 4.04. The van der Waals surface area contributed by atoms with Crippen LogP contribution in [0.5, 0.6) is 0 Å². The first kappa shape index (κ1) is 12.7. The van der Waals surface area contributed by atoms with Crippen LogP contribution in [0, 0.1) is 13.8 Å². The van der Waals surface area contributed by atoms with Gasteiger partial charge in [-0.3, -0.25) is 0 Å². The lowest BCUT2D eigenvalue weighted by Crippen LogP contribution is -2.21. The Bertz CT molecular complexity index is 383. The van der Waals surface area contributed by atoms with E-state index in [9.17, 15) is 0 Å². The van der Waals surface area contributed by atoms with Crippen LogP contribution in [0.2, 0.25) is 0 Å². The standard InChI is InChI=1S/C13H21N3/c1-6-8-12-14-11(4)10(3)13(15-12)16(5)9-7-2/h6,8H,7,9H2,1-5H3/b8-6+. The fourth-order valence-electron chi connectivity index (χ4n) is 1.67. The van der Waals surface area contributed by atoms with E-state index >= 15 is 0 Å². The highest BCUT2D eigenvalue weighted by Gasteiger charge is 2.09. The minimum atomic E-state index is 0.795. The van der Waals surface area contributed by atoms with E-state index in [0.717, 1.165) is 30.3 Å². The molecule has 0 aliphatic heterocycles. The molecule has 0 spiro atoms. The number of aromatic nitrogens is 2. The van der Waals surface area contributed by atoms with Crippen LogP contribution in [0.1, 0.15) is 37.4 Å². The van der Waals surface area contributed by atoms with Crippen molar-refractivity contribution in [1.29, 1.82) is 0 Å². The second-order valence-electron chi connectivity index (χ2n) is 4.04. The van der Waals surface area contributed by atoms with Gasteiger partial charge >= 0.3 is 0 Å². The minimum absolute atomic E-state index is 0.795. The zero-order valence-corrected chi connectivity index (χ0v) is 10.9. The maximum atomic E-state index is 4.57. The summed E-state index contributed by atoms with van der Waals surface area (Å²) in [6.07, 6.45) is 5.03. The second kappa shape index (κ2) is 5.64. The molecule has 0 bridgehead atoms. The average Bonchev–Trinajstić information content (AvgIpc) is 2.23. The molecule has 3 heteroatoms. The quantitative estimate of drug-likeness (QED) is 0.779. The van der Waals surface area contributed by atoms with Gasteiger partial charge in [-0.1, -0.05) is 13.0 Å². The van der Waals surface area contributed by atoms with Gasteiger partial charge in [-0.25, -0.2) is 9.97 Å². The predicted octanol–water partition coefficient (Wildman–Crippen LogP) is 2.97. The molecule has 16 heavy (non-hydrogen) atoms. The Hall–Kier alpha value is -1.38. The Balaban J connectivity index is 3.15. The number of anilines is 1. The summed E-state index contributed by atoms with van der Waals surface area (Å²) in [7, 11) is 2.08. The van der Waals surface area contributed by atoms with E-state index in [1.165, 1.54) is 5.56 Å². The molecule has 0 atom stereocenters. The molecule has 1 heterocycles. The molecule has 0 aliphatic carbocycles. The highest BCUT2D eigenvalue weighted by atomic mass is 15.2. The summed E-state index contributed by atoms with van der Waals surface area (Å²) in [6, 6.07) is 0. The van der Waals surface area contributed by atoms with Crippen LogP contribution in [0.4, 0.5) is 5.82 Å². The summed E-state index contributed by atoms with van der Waals surface area (Å²) >= 11 is 0. The zero-order chi connectivity index (χ0) is 12.1. The van der Waals surface area contributed by atoms with Gasteiger partial charge in [-0.15, -0.1) is 0 Å². The Morgan fingerprint density at radius 3 is 2.50 bits per heavy atom. The van der Waals surface area contributed by atoms with Crippen LogP contribution in [0.15, 0.2) is 6.08 Å². The Labute approximate surface area is 98.2 Å². The van der Waals surface area contributed by atoms with Crippen molar-refractivity contribution in [2.45, 2.75) is 34.1 Å². The molecular formula is C13H21N3. The number of rotatable bonds is 4. The summed E-state index contributed by atoms with van der Waals surface area (Å²) in [4.78, 5) is 11.2. The molecule has 0 fully saturated rings. The molecule has 0 aliphatic rings. The van der Waals surface area contributed by atoms with Gasteiger partial charge in [-0.2, -0.15) is 0 Å². The predicted molar refractivity (Wildman–Crippen MR) is 69.8 cm³/mol. The Kier molecular flexibility index (Phi) is 4.47. The normalized spacial score (nSPS) is 11.1. The molecule has 1 aromatic rings. The minimum Gasteiger partial charge on any atom is -0.359 e. The third-order valence-electron chi connectivity index (χ3n) is 2.62. The van der Waals surface area contributed by atoms with Crippen molar-refractivity contribution in [1.82, 2.24) is 9.97 Å².